The van der Waals surface area contributed by atoms with Gasteiger partial charge in [-0.2, -0.15) is 0 Å². The largest absolute Gasteiger partial charge is 0.351 e. The van der Waals surface area contributed by atoms with Crippen molar-refractivity contribution < 1.29 is 13.6 Å². The van der Waals surface area contributed by atoms with E-state index in [1.165, 1.54) is 0 Å². The number of nitrogens with zero attached hydrogens (tertiary/aromatic N) is 1. The van der Waals surface area contributed by atoms with Crippen LogP contribution in [0.25, 0.3) is 0 Å². The van der Waals surface area contributed by atoms with Crippen molar-refractivity contribution in [1.29, 1.82) is 0 Å². The third-order valence-corrected chi connectivity index (χ3v) is 3.43. The Labute approximate surface area is 92.6 Å². The zero-order chi connectivity index (χ0) is 11.7. The summed E-state index contributed by atoms with van der Waals surface area (Å²) in [5.41, 5.74) is 0. The maximum Gasteiger partial charge on any atom is 0.351 e. The standard InChI is InChI=1S/C10H22NO3P/c1-5-13-15(12,14-6-2)9-11-8-7-10(3)4/h8,10H,5-7,9H2,1-4H3/b11-8+. The molecule has 0 heterocycles. The van der Waals surface area contributed by atoms with Gasteiger partial charge in [0.15, 0.2) is 0 Å². The van der Waals surface area contributed by atoms with Gasteiger partial charge in [0.1, 0.15) is 6.29 Å². The summed E-state index contributed by atoms with van der Waals surface area (Å²) in [6.07, 6.45) is 2.80. The highest BCUT2D eigenvalue weighted by Crippen LogP contribution is 2.47. The SMILES string of the molecule is CCOP(=O)(C/N=C/CC(C)C)OCC. The zero-order valence-corrected chi connectivity index (χ0v) is 11.0. The van der Waals surface area contributed by atoms with E-state index in [-0.39, 0.29) is 6.29 Å². The van der Waals surface area contributed by atoms with Crippen molar-refractivity contribution in [2.24, 2.45) is 10.9 Å². The molecule has 0 aromatic heterocycles. The first-order valence-electron chi connectivity index (χ1n) is 5.40. The van der Waals surface area contributed by atoms with E-state index in [1.54, 1.807) is 20.1 Å². The average molecular weight is 235 g/mol. The number of hydrogen-bond donors (Lipinski definition) is 0. The van der Waals surface area contributed by atoms with Crippen molar-refractivity contribution in [2.75, 3.05) is 19.5 Å². The highest BCUT2D eigenvalue weighted by molar-refractivity contribution is 7.53. The molecule has 0 rings (SSSR count). The molecule has 0 bridgehead atoms. The molecule has 0 aromatic carbocycles. The van der Waals surface area contributed by atoms with Crippen molar-refractivity contribution >= 4 is 13.8 Å². The minimum absolute atomic E-state index is 0.126. The first-order valence-corrected chi connectivity index (χ1v) is 7.13. The van der Waals surface area contributed by atoms with E-state index < -0.39 is 7.60 Å². The predicted octanol–water partition coefficient (Wildman–Crippen LogP) is 3.33. The van der Waals surface area contributed by atoms with Gasteiger partial charge in [-0.3, -0.25) is 9.56 Å². The fraction of sp³-hybridized carbons (Fsp3) is 0.900. The van der Waals surface area contributed by atoms with Crippen LogP contribution in [0, 0.1) is 5.92 Å². The van der Waals surface area contributed by atoms with Gasteiger partial charge in [-0.25, -0.2) is 0 Å². The molecule has 15 heavy (non-hydrogen) atoms. The Morgan fingerprint density at radius 1 is 1.27 bits per heavy atom. The normalized spacial score (nSPS) is 12.9. The van der Waals surface area contributed by atoms with E-state index in [9.17, 15) is 4.57 Å². The van der Waals surface area contributed by atoms with Crippen LogP contribution in [0.2, 0.25) is 0 Å². The molecule has 0 amide bonds. The van der Waals surface area contributed by atoms with Crippen LogP contribution >= 0.6 is 7.60 Å². The van der Waals surface area contributed by atoms with Crippen LogP contribution in [0.15, 0.2) is 4.99 Å². The summed E-state index contributed by atoms with van der Waals surface area (Å²) in [6.45, 7) is 8.58. The van der Waals surface area contributed by atoms with Crippen molar-refractivity contribution in [2.45, 2.75) is 34.1 Å². The number of aliphatic imine (C=N–C) groups is 1. The van der Waals surface area contributed by atoms with Crippen molar-refractivity contribution in [1.82, 2.24) is 0 Å². The maximum absolute atomic E-state index is 11.9. The van der Waals surface area contributed by atoms with Crippen LogP contribution < -0.4 is 0 Å². The van der Waals surface area contributed by atoms with Crippen LogP contribution in [0.5, 0.6) is 0 Å². The van der Waals surface area contributed by atoms with Crippen LogP contribution in [-0.2, 0) is 13.6 Å². The van der Waals surface area contributed by atoms with Crippen molar-refractivity contribution in [3.63, 3.8) is 0 Å². The topological polar surface area (TPSA) is 47.9 Å². The molecule has 0 atom stereocenters. The molecule has 90 valence electrons. The lowest BCUT2D eigenvalue weighted by Gasteiger charge is -2.14. The van der Waals surface area contributed by atoms with E-state index in [0.29, 0.717) is 19.1 Å². The van der Waals surface area contributed by atoms with Crippen LogP contribution in [0.1, 0.15) is 34.1 Å². The molecule has 0 fully saturated rings. The average Bonchev–Trinajstić information content (AvgIpc) is 2.13. The quantitative estimate of drug-likeness (QED) is 0.479. The first kappa shape index (κ1) is 14.8. The zero-order valence-electron chi connectivity index (χ0n) is 10.1. The van der Waals surface area contributed by atoms with Gasteiger partial charge in [-0.15, -0.1) is 0 Å². The lowest BCUT2D eigenvalue weighted by Crippen LogP contribution is -1.99. The Bertz CT molecular complexity index is 219. The fourth-order valence-corrected chi connectivity index (χ4v) is 2.30. The van der Waals surface area contributed by atoms with Crippen molar-refractivity contribution in [3.8, 4) is 0 Å². The van der Waals surface area contributed by atoms with E-state index in [4.69, 9.17) is 9.05 Å². The molecule has 0 saturated heterocycles. The molecule has 0 aliphatic rings. The summed E-state index contributed by atoms with van der Waals surface area (Å²) in [7, 11) is -2.98. The molecule has 0 N–H and O–H groups in total. The Morgan fingerprint density at radius 3 is 2.20 bits per heavy atom. The molecule has 0 spiro atoms. The monoisotopic (exact) mass is 235 g/mol. The smallest absolute Gasteiger partial charge is 0.308 e. The summed E-state index contributed by atoms with van der Waals surface area (Å²) < 4.78 is 22.1. The van der Waals surface area contributed by atoms with Gasteiger partial charge in [0.25, 0.3) is 0 Å². The van der Waals surface area contributed by atoms with Crippen LogP contribution in [-0.4, -0.2) is 25.7 Å². The summed E-state index contributed by atoms with van der Waals surface area (Å²) in [4.78, 5) is 4.08. The number of hydrogen-bond acceptors (Lipinski definition) is 4. The summed E-state index contributed by atoms with van der Waals surface area (Å²) in [5.74, 6) is 0.562. The molecule has 0 unspecified atom stereocenters. The van der Waals surface area contributed by atoms with Gasteiger partial charge in [0.2, 0.25) is 0 Å². The Balaban J connectivity index is 4.06. The Kier molecular flexibility index (Phi) is 7.93. The number of rotatable bonds is 8. The van der Waals surface area contributed by atoms with Gasteiger partial charge >= 0.3 is 7.60 Å². The molecule has 4 nitrogen and oxygen atoms in total. The van der Waals surface area contributed by atoms with E-state index in [0.717, 1.165) is 6.42 Å². The molecule has 0 aliphatic carbocycles. The second-order valence-corrected chi connectivity index (χ2v) is 5.60. The van der Waals surface area contributed by atoms with E-state index in [1.807, 2.05) is 0 Å². The lowest BCUT2D eigenvalue weighted by molar-refractivity contribution is 0.221. The molecule has 5 heteroatoms. The second-order valence-electron chi connectivity index (χ2n) is 3.58. The van der Waals surface area contributed by atoms with Gasteiger partial charge in [0.05, 0.1) is 13.2 Å². The fourth-order valence-electron chi connectivity index (χ4n) is 0.955. The molecule has 0 aliphatic heterocycles. The third-order valence-electron chi connectivity index (χ3n) is 1.61. The minimum Gasteiger partial charge on any atom is -0.308 e. The Morgan fingerprint density at radius 2 is 1.80 bits per heavy atom. The highest BCUT2D eigenvalue weighted by atomic mass is 31.2. The molecule has 0 saturated carbocycles. The van der Waals surface area contributed by atoms with Crippen LogP contribution in [0.3, 0.4) is 0 Å². The summed E-state index contributed by atoms with van der Waals surface area (Å²) in [6, 6.07) is 0. The summed E-state index contributed by atoms with van der Waals surface area (Å²) in [5, 5.41) is 0. The van der Waals surface area contributed by atoms with Gasteiger partial charge in [0, 0.05) is 0 Å². The Hall–Kier alpha value is -0.180. The lowest BCUT2D eigenvalue weighted by atomic mass is 10.2. The predicted molar refractivity (Wildman–Crippen MR) is 63.7 cm³/mol. The maximum atomic E-state index is 11.9. The molecule has 0 aromatic rings. The minimum atomic E-state index is -2.98. The third kappa shape index (κ3) is 7.71. The van der Waals surface area contributed by atoms with Crippen molar-refractivity contribution in [3.05, 3.63) is 0 Å². The molecular weight excluding hydrogens is 213 g/mol. The van der Waals surface area contributed by atoms with E-state index in [2.05, 4.69) is 18.8 Å². The summed E-state index contributed by atoms with van der Waals surface area (Å²) >= 11 is 0. The van der Waals surface area contributed by atoms with Gasteiger partial charge in [-0.05, 0) is 32.4 Å². The van der Waals surface area contributed by atoms with Gasteiger partial charge < -0.3 is 9.05 Å². The second kappa shape index (κ2) is 8.03. The van der Waals surface area contributed by atoms with E-state index >= 15 is 0 Å². The van der Waals surface area contributed by atoms with Crippen LogP contribution in [0.4, 0.5) is 0 Å². The highest BCUT2D eigenvalue weighted by Gasteiger charge is 2.22. The molecular formula is C10H22NO3P. The molecule has 0 radical (unpaired) electrons. The van der Waals surface area contributed by atoms with Gasteiger partial charge in [-0.1, -0.05) is 13.8 Å². The first-order chi connectivity index (χ1) is 7.04.